The largest absolute Gasteiger partial charge is 0.517 e. The van der Waals surface area contributed by atoms with Gasteiger partial charge in [0.15, 0.2) is 6.61 Å². The minimum Gasteiger partial charge on any atom is -0.329 e. The van der Waals surface area contributed by atoms with Gasteiger partial charge in [0.1, 0.15) is 13.2 Å². The molecule has 0 amide bonds. The molecule has 0 radical (unpaired) electrons. The van der Waals surface area contributed by atoms with Crippen LogP contribution in [0.25, 0.3) is 0 Å². The van der Waals surface area contributed by atoms with Crippen molar-refractivity contribution in [2.24, 2.45) is 0 Å². The van der Waals surface area contributed by atoms with Gasteiger partial charge in [0.25, 0.3) is 6.16 Å². The van der Waals surface area contributed by atoms with Crippen molar-refractivity contribution >= 4 is 8.03 Å². The Hall–Kier alpha value is -0.540. The molecule has 0 aromatic carbocycles. The summed E-state index contributed by atoms with van der Waals surface area (Å²) in [5.74, 6) is 0.953. The Kier molecular flexibility index (Phi) is 9.97. The summed E-state index contributed by atoms with van der Waals surface area (Å²) in [5, 5.41) is 0. The molecule has 0 bridgehead atoms. The molecule has 1 atom stereocenters. The minimum atomic E-state index is -1.96. The summed E-state index contributed by atoms with van der Waals surface area (Å²) >= 11 is 0. The van der Waals surface area contributed by atoms with Crippen LogP contribution in [0.1, 0.15) is 13.8 Å². The highest BCUT2D eigenvalue weighted by Crippen LogP contribution is 2.31. The van der Waals surface area contributed by atoms with Gasteiger partial charge in [-0.15, -0.1) is 10.9 Å². The number of hydrogen-bond donors (Lipinski definition) is 0. The van der Waals surface area contributed by atoms with Gasteiger partial charge < -0.3 is 18.7 Å². The third kappa shape index (κ3) is 9.92. The van der Waals surface area contributed by atoms with Crippen LogP contribution >= 0.6 is 8.03 Å². The summed E-state index contributed by atoms with van der Waals surface area (Å²) in [7, 11) is 4.15. The van der Waals surface area contributed by atoms with E-state index in [0.717, 1.165) is 11.0 Å². The summed E-state index contributed by atoms with van der Waals surface area (Å²) in [6.45, 7) is 5.47. The first-order valence-electron chi connectivity index (χ1n) is 7.02. The number of ether oxygens (including phenoxy) is 3. The Bertz CT molecular complexity index is 342. The summed E-state index contributed by atoms with van der Waals surface area (Å²) in [5.41, 5.74) is 0. The number of nitrogens with zero attached hydrogens (tertiary/aromatic N) is 1. The van der Waals surface area contributed by atoms with E-state index in [-0.39, 0.29) is 12.8 Å². The lowest BCUT2D eigenvalue weighted by molar-refractivity contribution is -0.870. The number of likely N-dealkylation sites (N-methyl/N-ethyl adjacent to an activating group) is 1. The summed E-state index contributed by atoms with van der Waals surface area (Å²) in [6, 6.07) is 0. The van der Waals surface area contributed by atoms with Crippen LogP contribution in [0.3, 0.4) is 0 Å². The Morgan fingerprint density at radius 1 is 1.14 bits per heavy atom. The maximum absolute atomic E-state index is 12.1. The number of rotatable bonds is 12. The molecule has 0 aliphatic rings. The average molecular weight is 321 g/mol. The molecule has 0 heterocycles. The van der Waals surface area contributed by atoms with E-state index in [1.54, 1.807) is 13.8 Å². The van der Waals surface area contributed by atoms with Crippen molar-refractivity contribution in [2.75, 3.05) is 60.3 Å². The van der Waals surface area contributed by atoms with Crippen molar-refractivity contribution in [3.63, 3.8) is 0 Å². The fourth-order valence-corrected chi connectivity index (χ4v) is 2.44. The highest BCUT2D eigenvalue weighted by Gasteiger charge is 2.43. The van der Waals surface area contributed by atoms with E-state index in [0.29, 0.717) is 19.8 Å². The van der Waals surface area contributed by atoms with E-state index < -0.39 is 14.0 Å². The highest BCUT2D eigenvalue weighted by atomic mass is 31.1. The quantitative estimate of drug-likeness (QED) is 0.238. The van der Waals surface area contributed by atoms with E-state index in [9.17, 15) is 4.57 Å². The third-order valence-corrected chi connectivity index (χ3v) is 3.54. The Morgan fingerprint density at radius 3 is 2.14 bits per heavy atom. The van der Waals surface area contributed by atoms with Crippen molar-refractivity contribution < 1.29 is 27.8 Å². The van der Waals surface area contributed by atoms with Crippen molar-refractivity contribution in [3.8, 4) is 12.3 Å². The normalized spacial score (nSPS) is 13.0. The fourth-order valence-electron chi connectivity index (χ4n) is 1.47. The van der Waals surface area contributed by atoms with Gasteiger partial charge >= 0.3 is 14.0 Å². The van der Waals surface area contributed by atoms with Crippen molar-refractivity contribution in [2.45, 2.75) is 19.8 Å². The topological polar surface area (TPSA) is 54.0 Å². The zero-order valence-corrected chi connectivity index (χ0v) is 14.7. The van der Waals surface area contributed by atoms with Gasteiger partial charge in [-0.3, -0.25) is 0 Å². The molecule has 0 aliphatic carbocycles. The number of quaternary nitrogens is 1. The van der Waals surface area contributed by atoms with Gasteiger partial charge in [-0.05, 0) is 18.4 Å². The van der Waals surface area contributed by atoms with Crippen LogP contribution in [0.5, 0.6) is 0 Å². The molecule has 0 fully saturated rings. The fraction of sp³-hybridized carbons (Fsp3) is 0.857. The summed E-state index contributed by atoms with van der Waals surface area (Å²) in [6.07, 6.45) is 5.18. The second kappa shape index (κ2) is 10.2. The number of terminal acetylenes is 1. The molecule has 0 saturated heterocycles. The molecule has 6 nitrogen and oxygen atoms in total. The molecule has 0 aliphatic heterocycles. The summed E-state index contributed by atoms with van der Waals surface area (Å²) < 4.78 is 34.6. The molecular weight excluding hydrogens is 293 g/mol. The van der Waals surface area contributed by atoms with Crippen LogP contribution in [0.15, 0.2) is 0 Å². The van der Waals surface area contributed by atoms with E-state index in [1.165, 1.54) is 0 Å². The van der Waals surface area contributed by atoms with E-state index in [4.69, 9.17) is 25.2 Å². The van der Waals surface area contributed by atoms with E-state index in [1.807, 2.05) is 21.1 Å². The van der Waals surface area contributed by atoms with Crippen LogP contribution in [-0.2, 0) is 23.3 Å². The van der Waals surface area contributed by atoms with Crippen LogP contribution in [0.2, 0.25) is 0 Å². The van der Waals surface area contributed by atoms with Gasteiger partial charge in [-0.1, -0.05) is 5.92 Å². The molecule has 122 valence electrons. The molecule has 21 heavy (non-hydrogen) atoms. The first kappa shape index (κ1) is 20.5. The average Bonchev–Trinajstić information content (AvgIpc) is 2.35. The molecule has 7 heteroatoms. The maximum atomic E-state index is 12.1. The van der Waals surface area contributed by atoms with Gasteiger partial charge in [-0.2, -0.15) is 0 Å². The molecule has 0 aromatic heterocycles. The van der Waals surface area contributed by atoms with Crippen LogP contribution in [0.4, 0.5) is 0 Å². The highest BCUT2D eigenvalue weighted by molar-refractivity contribution is 7.39. The van der Waals surface area contributed by atoms with Crippen LogP contribution in [0, 0.1) is 12.3 Å². The zero-order chi connectivity index (χ0) is 16.4. The summed E-state index contributed by atoms with van der Waals surface area (Å²) in [4.78, 5) is 0. The predicted octanol–water partition coefficient (Wildman–Crippen LogP) is 1.83. The van der Waals surface area contributed by atoms with E-state index >= 15 is 0 Å². The Labute approximate surface area is 129 Å². The van der Waals surface area contributed by atoms with Gasteiger partial charge in [-0.25, -0.2) is 0 Å². The SMILES string of the molecule is C#CCOC(C[P+](=O)OCC[N+](C)(C)C)(OCC)OCC. The standard InChI is InChI=1S/C14H28NO5P/c1-7-11-19-14(17-8-2,18-9-3)13-21(16)20-12-10-15(4,5)6/h1H,8-13H2,2-6H3/q+2. The second-order valence-corrected chi connectivity index (χ2v) is 6.62. The molecule has 0 spiro atoms. The second-order valence-electron chi connectivity index (χ2n) is 5.38. The maximum Gasteiger partial charge on any atom is 0.517 e. The molecule has 0 aromatic rings. The monoisotopic (exact) mass is 321 g/mol. The third-order valence-electron chi connectivity index (χ3n) is 2.42. The van der Waals surface area contributed by atoms with Crippen LogP contribution < -0.4 is 0 Å². The lowest BCUT2D eigenvalue weighted by Crippen LogP contribution is -2.42. The lowest BCUT2D eigenvalue weighted by atomic mass is 10.5. The minimum absolute atomic E-state index is 0.0111. The molecule has 0 N–H and O–H groups in total. The van der Waals surface area contributed by atoms with Gasteiger partial charge in [0.05, 0.1) is 21.1 Å². The van der Waals surface area contributed by atoms with E-state index in [2.05, 4.69) is 5.92 Å². The van der Waals surface area contributed by atoms with Gasteiger partial charge in [0.2, 0.25) is 0 Å². The molecule has 0 saturated carbocycles. The first-order chi connectivity index (χ1) is 9.78. The number of hydrogen-bond acceptors (Lipinski definition) is 5. The zero-order valence-electron chi connectivity index (χ0n) is 13.8. The smallest absolute Gasteiger partial charge is 0.329 e. The lowest BCUT2D eigenvalue weighted by Gasteiger charge is -2.27. The molecule has 1 unspecified atom stereocenters. The van der Waals surface area contributed by atoms with Crippen LogP contribution in [-0.4, -0.2) is 70.7 Å². The molecule has 0 rings (SSSR count). The van der Waals surface area contributed by atoms with Gasteiger partial charge in [0, 0.05) is 13.2 Å². The Morgan fingerprint density at radius 2 is 1.71 bits per heavy atom. The van der Waals surface area contributed by atoms with Crippen molar-refractivity contribution in [1.29, 1.82) is 0 Å². The Balaban J connectivity index is 4.55. The van der Waals surface area contributed by atoms with Crippen molar-refractivity contribution in [1.82, 2.24) is 0 Å². The molecular formula is C14H28NO5P+2. The predicted molar refractivity (Wildman–Crippen MR) is 82.1 cm³/mol. The first-order valence-corrected chi connectivity index (χ1v) is 8.38. The van der Waals surface area contributed by atoms with Crippen molar-refractivity contribution in [3.05, 3.63) is 0 Å².